The number of carbonyl (C=O) groups excluding carboxylic acids is 3. The van der Waals surface area contributed by atoms with Crippen LogP contribution in [0.2, 0.25) is 5.02 Å². The number of methoxy groups -OCH3 is 2. The number of hydrogen-bond donors (Lipinski definition) is 3. The second-order valence-electron chi connectivity index (χ2n) is 8.76. The smallest absolute Gasteiger partial charge is 0.272 e. The molecule has 4 rings (SSSR count). The molecular weight excluding hydrogens is 574 g/mol. The number of thioether (sulfide) groups is 1. The molecule has 0 spiro atoms. The summed E-state index contributed by atoms with van der Waals surface area (Å²) in [5.41, 5.74) is 2.00. The summed E-state index contributed by atoms with van der Waals surface area (Å²) < 4.78 is 10.9. The SMILES string of the molecule is COc1cccc(/C=C(\NC(=O)c2ccccc2)C(=O)Nc2ccc(SCC(=O)Nc3ccccc3Cl)cc2)c1OC. The van der Waals surface area contributed by atoms with Crippen molar-refractivity contribution in [2.75, 3.05) is 30.6 Å². The van der Waals surface area contributed by atoms with E-state index in [2.05, 4.69) is 16.0 Å². The number of rotatable bonds is 11. The van der Waals surface area contributed by atoms with Gasteiger partial charge in [0.2, 0.25) is 5.91 Å². The van der Waals surface area contributed by atoms with E-state index >= 15 is 0 Å². The Balaban J connectivity index is 1.47. The van der Waals surface area contributed by atoms with Crippen molar-refractivity contribution in [3.05, 3.63) is 119 Å². The van der Waals surface area contributed by atoms with Crippen molar-refractivity contribution in [2.45, 2.75) is 4.90 Å². The molecule has 10 heteroatoms. The molecule has 0 unspecified atom stereocenters. The maximum absolute atomic E-state index is 13.4. The molecule has 4 aromatic rings. The molecule has 42 heavy (non-hydrogen) atoms. The van der Waals surface area contributed by atoms with Gasteiger partial charge in [0.1, 0.15) is 5.70 Å². The zero-order valence-corrected chi connectivity index (χ0v) is 24.4. The third kappa shape index (κ3) is 8.15. The maximum atomic E-state index is 13.4. The largest absolute Gasteiger partial charge is 0.493 e. The highest BCUT2D eigenvalue weighted by Gasteiger charge is 2.17. The summed E-state index contributed by atoms with van der Waals surface area (Å²) in [6.45, 7) is 0. The molecule has 0 bridgehead atoms. The first kappa shape index (κ1) is 30.2. The molecule has 0 saturated heterocycles. The van der Waals surface area contributed by atoms with E-state index in [0.29, 0.717) is 39.0 Å². The Bertz CT molecular complexity index is 1590. The lowest BCUT2D eigenvalue weighted by molar-refractivity contribution is -0.114. The number of amides is 3. The predicted octanol–water partition coefficient (Wildman–Crippen LogP) is 6.50. The highest BCUT2D eigenvalue weighted by atomic mass is 35.5. The molecule has 8 nitrogen and oxygen atoms in total. The van der Waals surface area contributed by atoms with Crippen LogP contribution in [0.3, 0.4) is 0 Å². The Morgan fingerprint density at radius 3 is 2.21 bits per heavy atom. The molecule has 0 aliphatic heterocycles. The zero-order chi connectivity index (χ0) is 29.9. The molecule has 0 fully saturated rings. The highest BCUT2D eigenvalue weighted by Crippen LogP contribution is 2.32. The molecule has 0 aromatic heterocycles. The van der Waals surface area contributed by atoms with Gasteiger partial charge < -0.3 is 25.4 Å². The van der Waals surface area contributed by atoms with E-state index in [1.165, 1.54) is 32.1 Å². The summed E-state index contributed by atoms with van der Waals surface area (Å²) in [6, 6.07) is 27.9. The van der Waals surface area contributed by atoms with E-state index in [1.54, 1.807) is 97.1 Å². The van der Waals surface area contributed by atoms with Crippen LogP contribution in [0.5, 0.6) is 11.5 Å². The summed E-state index contributed by atoms with van der Waals surface area (Å²) in [7, 11) is 3.01. The van der Waals surface area contributed by atoms with Gasteiger partial charge in [-0.25, -0.2) is 0 Å². The molecular formula is C32H28ClN3O5S. The van der Waals surface area contributed by atoms with Gasteiger partial charge >= 0.3 is 0 Å². The van der Waals surface area contributed by atoms with Gasteiger partial charge in [0, 0.05) is 21.7 Å². The second kappa shape index (κ2) is 14.8. The fraction of sp³-hybridized carbons (Fsp3) is 0.0938. The molecule has 0 saturated carbocycles. The second-order valence-corrected chi connectivity index (χ2v) is 10.2. The first-order valence-corrected chi connectivity index (χ1v) is 14.1. The molecule has 4 aromatic carbocycles. The summed E-state index contributed by atoms with van der Waals surface area (Å²) >= 11 is 7.45. The highest BCUT2D eigenvalue weighted by molar-refractivity contribution is 8.00. The number of hydrogen-bond acceptors (Lipinski definition) is 6. The first-order valence-electron chi connectivity index (χ1n) is 12.8. The van der Waals surface area contributed by atoms with Gasteiger partial charge in [-0.1, -0.05) is 54.1 Å². The average molecular weight is 602 g/mol. The maximum Gasteiger partial charge on any atom is 0.272 e. The number of nitrogens with one attached hydrogen (secondary N) is 3. The molecule has 0 radical (unpaired) electrons. The van der Waals surface area contributed by atoms with Gasteiger partial charge in [0.15, 0.2) is 11.5 Å². The van der Waals surface area contributed by atoms with Gasteiger partial charge in [-0.2, -0.15) is 0 Å². The van der Waals surface area contributed by atoms with E-state index in [1.807, 2.05) is 0 Å². The molecule has 0 aliphatic carbocycles. The lowest BCUT2D eigenvalue weighted by Gasteiger charge is -2.14. The number of halogens is 1. The van der Waals surface area contributed by atoms with Crippen molar-refractivity contribution in [1.82, 2.24) is 5.32 Å². The normalized spacial score (nSPS) is 10.9. The van der Waals surface area contributed by atoms with Crippen LogP contribution < -0.4 is 25.4 Å². The number of ether oxygens (including phenoxy) is 2. The van der Waals surface area contributed by atoms with Crippen molar-refractivity contribution < 1.29 is 23.9 Å². The summed E-state index contributed by atoms with van der Waals surface area (Å²) in [5, 5.41) is 8.79. The zero-order valence-electron chi connectivity index (χ0n) is 22.8. The number of para-hydroxylation sites is 2. The van der Waals surface area contributed by atoms with E-state index in [4.69, 9.17) is 21.1 Å². The number of carbonyl (C=O) groups is 3. The Hall–Kier alpha value is -4.73. The Morgan fingerprint density at radius 1 is 0.810 bits per heavy atom. The van der Waals surface area contributed by atoms with E-state index in [9.17, 15) is 14.4 Å². The quantitative estimate of drug-likeness (QED) is 0.134. The third-order valence-electron chi connectivity index (χ3n) is 5.89. The van der Waals surface area contributed by atoms with Crippen molar-refractivity contribution in [2.24, 2.45) is 0 Å². The Labute approximate surface area is 253 Å². The lowest BCUT2D eigenvalue weighted by Crippen LogP contribution is -2.30. The summed E-state index contributed by atoms with van der Waals surface area (Å²) in [4.78, 5) is 39.5. The molecule has 0 aliphatic rings. The lowest BCUT2D eigenvalue weighted by atomic mass is 10.1. The van der Waals surface area contributed by atoms with Gasteiger partial charge in [-0.3, -0.25) is 14.4 Å². The van der Waals surface area contributed by atoms with Crippen LogP contribution in [0.1, 0.15) is 15.9 Å². The van der Waals surface area contributed by atoms with E-state index in [0.717, 1.165) is 4.90 Å². The van der Waals surface area contributed by atoms with E-state index in [-0.39, 0.29) is 17.4 Å². The Kier molecular flexibility index (Phi) is 10.6. The standard InChI is InChI=1S/C32H28ClN3O5S/c1-40-28-14-8-11-22(30(28)41-2)19-27(36-31(38)21-9-4-3-5-10-21)32(39)34-23-15-17-24(18-16-23)42-20-29(37)35-26-13-7-6-12-25(26)33/h3-19H,20H2,1-2H3,(H,34,39)(H,35,37)(H,36,38)/b27-19-. The molecule has 214 valence electrons. The van der Waals surface area contributed by atoms with Crippen LogP contribution in [0.4, 0.5) is 11.4 Å². The minimum atomic E-state index is -0.538. The monoisotopic (exact) mass is 601 g/mol. The van der Waals surface area contributed by atoms with Crippen molar-refractivity contribution in [3.8, 4) is 11.5 Å². The van der Waals surface area contributed by atoms with Gasteiger partial charge in [0.25, 0.3) is 11.8 Å². The van der Waals surface area contributed by atoms with Gasteiger partial charge in [-0.05, 0) is 60.7 Å². The first-order chi connectivity index (χ1) is 20.4. The minimum Gasteiger partial charge on any atom is -0.493 e. The van der Waals surface area contributed by atoms with Crippen molar-refractivity contribution >= 4 is 58.5 Å². The van der Waals surface area contributed by atoms with E-state index < -0.39 is 11.8 Å². The molecule has 3 amide bonds. The average Bonchev–Trinajstić information content (AvgIpc) is 3.01. The third-order valence-corrected chi connectivity index (χ3v) is 7.23. The van der Waals surface area contributed by atoms with Gasteiger partial charge in [0.05, 0.1) is 30.7 Å². The van der Waals surface area contributed by atoms with Crippen molar-refractivity contribution in [3.63, 3.8) is 0 Å². The van der Waals surface area contributed by atoms with Crippen LogP contribution in [0, 0.1) is 0 Å². The summed E-state index contributed by atoms with van der Waals surface area (Å²) in [5.74, 6) is -0.0995. The summed E-state index contributed by atoms with van der Waals surface area (Å²) in [6.07, 6.45) is 1.53. The van der Waals surface area contributed by atoms with Crippen LogP contribution in [0.15, 0.2) is 108 Å². The van der Waals surface area contributed by atoms with Crippen LogP contribution in [0.25, 0.3) is 6.08 Å². The van der Waals surface area contributed by atoms with Crippen LogP contribution >= 0.6 is 23.4 Å². The molecule has 0 heterocycles. The Morgan fingerprint density at radius 2 is 1.52 bits per heavy atom. The fourth-order valence-electron chi connectivity index (χ4n) is 3.85. The van der Waals surface area contributed by atoms with Gasteiger partial charge in [-0.15, -0.1) is 11.8 Å². The number of benzene rings is 4. The molecule has 3 N–H and O–H groups in total. The molecule has 0 atom stereocenters. The van der Waals surface area contributed by atoms with Crippen molar-refractivity contribution in [1.29, 1.82) is 0 Å². The van der Waals surface area contributed by atoms with Crippen LogP contribution in [-0.4, -0.2) is 37.7 Å². The fourth-order valence-corrected chi connectivity index (χ4v) is 4.74. The predicted molar refractivity (Wildman–Crippen MR) is 167 cm³/mol. The topological polar surface area (TPSA) is 106 Å². The number of anilines is 2. The minimum absolute atomic E-state index is 0.00472. The van der Waals surface area contributed by atoms with Crippen LogP contribution in [-0.2, 0) is 9.59 Å².